The number of rotatable bonds is 0. The molecule has 0 heterocycles. The normalized spacial score (nSPS) is 6.25. The first kappa shape index (κ1) is 4.24. The van der Waals surface area contributed by atoms with Crippen molar-refractivity contribution in [3.8, 4) is 0 Å². The average molecular weight is 98.9 g/mol. The Balaban J connectivity index is 3.51. The van der Waals surface area contributed by atoms with Gasteiger partial charge in [-0.2, -0.15) is 0 Å². The van der Waals surface area contributed by atoms with Crippen LogP contribution in [0, 0.1) is 0 Å². The van der Waals surface area contributed by atoms with E-state index in [1.165, 1.54) is 0 Å². The molecule has 0 aliphatic rings. The maximum atomic E-state index is 10.1. The molecule has 0 amide bonds. The summed E-state index contributed by atoms with van der Waals surface area (Å²) in [5.41, 5.74) is 0. The Morgan fingerprint density at radius 1 is 1.50 bits per heavy atom. The predicted octanol–water partition coefficient (Wildman–Crippen LogP) is 0.180. The zero-order valence-electron chi connectivity index (χ0n) is 1.69. The summed E-state index contributed by atoms with van der Waals surface area (Å²) in [7, 11) is 0. The summed E-state index contributed by atoms with van der Waals surface area (Å²) < 4.78 is 27.0. The molecule has 0 aromatic carbocycles. The van der Waals surface area contributed by atoms with E-state index in [1.807, 2.05) is 0 Å². The molecule has 4 heteroatoms. The second-order valence-electron chi connectivity index (χ2n) is 0.238. The van der Waals surface area contributed by atoms with Crippen molar-refractivity contribution >= 4 is 0 Å². The van der Waals surface area contributed by atoms with Gasteiger partial charge in [0, 0.05) is 0 Å². The van der Waals surface area contributed by atoms with Gasteiger partial charge in [0.2, 0.25) is 0 Å². The third kappa shape index (κ3) is 58.2. The molecule has 0 saturated heterocycles. The molecule has 0 radical (unpaired) electrons. The summed E-state index contributed by atoms with van der Waals surface area (Å²) in [6.45, 7) is 0. The fraction of sp³-hybridized carbons (Fsp3) is 0. The molecule has 0 aromatic rings. The minimum atomic E-state index is -4.33. The van der Waals surface area contributed by atoms with Crippen LogP contribution in [0.15, 0.2) is 0 Å². The van der Waals surface area contributed by atoms with Crippen molar-refractivity contribution in [2.45, 2.75) is 0 Å². The molecule has 0 aromatic heterocycles. The molecule has 2 nitrogen and oxygen atoms in total. The van der Waals surface area contributed by atoms with Crippen LogP contribution in [-0.4, -0.2) is 0 Å². The van der Waals surface area contributed by atoms with E-state index in [0.717, 1.165) is 0 Å². The van der Waals surface area contributed by atoms with Gasteiger partial charge in [-0.15, -0.1) is 0 Å². The predicted molar refractivity (Wildman–Crippen MR) is 2.48 cm³/mol. The molecule has 0 atom stereocenters. The first-order valence-electron chi connectivity index (χ1n) is 0.597. The van der Waals surface area contributed by atoms with E-state index >= 15 is 0 Å². The van der Waals surface area contributed by atoms with Gasteiger partial charge in [-0.1, -0.05) is 0 Å². The zero-order valence-corrected chi connectivity index (χ0v) is 3.26. The van der Waals surface area contributed by atoms with Crippen molar-refractivity contribution in [2.24, 2.45) is 0 Å². The van der Waals surface area contributed by atoms with Gasteiger partial charge in [0.15, 0.2) is 0 Å². The van der Waals surface area contributed by atoms with Crippen LogP contribution in [0.25, 0.3) is 0 Å². The second-order valence-corrected chi connectivity index (χ2v) is 0.980. The van der Waals surface area contributed by atoms with Crippen LogP contribution in [0.2, 0.25) is 0 Å². The molecule has 0 aliphatic carbocycles. The molecular weight excluding hydrogens is 98.9 g/mol. The maximum absolute atomic E-state index is 10.1. The topological polar surface area (TPSA) is 34.1 Å². The first-order chi connectivity index (χ1) is 1.73. The van der Waals surface area contributed by atoms with Crippen LogP contribution in [-0.2, 0) is 25.0 Å². The van der Waals surface area contributed by atoms with Crippen molar-refractivity contribution in [2.75, 3.05) is 0 Å². The third-order valence-corrected chi connectivity index (χ3v) is 0. The molecule has 0 saturated carbocycles. The Morgan fingerprint density at radius 2 is 1.50 bits per heavy atom. The van der Waals surface area contributed by atoms with Gasteiger partial charge in [0.25, 0.3) is 0 Å². The van der Waals surface area contributed by atoms with Gasteiger partial charge in [0.05, 0.1) is 0 Å². The number of halogens is 1. The molecule has 0 unspecified atom stereocenters. The summed E-state index contributed by atoms with van der Waals surface area (Å²) in [4.78, 5) is 0. The van der Waals surface area contributed by atoms with Crippen LogP contribution >= 0.6 is 0 Å². The monoisotopic (exact) mass is 98.9 g/mol. The van der Waals surface area contributed by atoms with Gasteiger partial charge in [-0.05, 0) is 0 Å². The second kappa shape index (κ2) is 1.55. The standard InChI is InChI=1S/FH.2O.Ti/h1H;;;/q;;;+1/p-1. The quantitative estimate of drug-likeness (QED) is 0.406. The number of hydrogen-bond donors (Lipinski definition) is 0. The minimum absolute atomic E-state index is 4.33. The van der Waals surface area contributed by atoms with E-state index in [2.05, 4.69) is 0 Å². The van der Waals surface area contributed by atoms with Crippen molar-refractivity contribution < 1.29 is 28.1 Å². The Kier molecular flexibility index (Phi) is 1.65. The van der Waals surface area contributed by atoms with Crippen LogP contribution in [0.5, 0.6) is 0 Å². The SMILES string of the molecule is [O]=[Ti](=[O])[F]. The van der Waals surface area contributed by atoms with Gasteiger partial charge in [0.1, 0.15) is 0 Å². The van der Waals surface area contributed by atoms with Crippen LogP contribution in [0.4, 0.5) is 3.09 Å². The Labute approximate surface area is 28.8 Å². The molecule has 0 fully saturated rings. The van der Waals surface area contributed by atoms with E-state index in [9.17, 15) is 3.09 Å². The molecule has 0 rings (SSSR count). The molecule has 0 N–H and O–H groups in total. The summed E-state index contributed by atoms with van der Waals surface area (Å²) in [5, 5.41) is 0. The van der Waals surface area contributed by atoms with Crippen molar-refractivity contribution in [1.29, 1.82) is 0 Å². The van der Waals surface area contributed by atoms with E-state index in [1.54, 1.807) is 0 Å². The molecule has 4 heavy (non-hydrogen) atoms. The van der Waals surface area contributed by atoms with Crippen LogP contribution < -0.4 is 0 Å². The van der Waals surface area contributed by atoms with Crippen molar-refractivity contribution in [1.82, 2.24) is 0 Å². The Hall–Kier alpha value is 0.244. The average Bonchev–Trinajstić information content (AvgIpc) is 0.811. The molecule has 0 aliphatic heterocycles. The molecule has 0 spiro atoms. The van der Waals surface area contributed by atoms with E-state index in [4.69, 9.17) is 6.65 Å². The Morgan fingerprint density at radius 3 is 1.50 bits per heavy atom. The molecular formula is FO2Ti. The van der Waals surface area contributed by atoms with Crippen molar-refractivity contribution in [3.63, 3.8) is 0 Å². The summed E-state index contributed by atoms with van der Waals surface area (Å²) in [6.07, 6.45) is 0. The molecule has 0 bridgehead atoms. The third-order valence-electron chi connectivity index (χ3n) is 0. The first-order valence-corrected chi connectivity index (χ1v) is 2.46. The summed E-state index contributed by atoms with van der Waals surface area (Å²) >= 11 is -4.33. The van der Waals surface area contributed by atoms with Gasteiger partial charge >= 0.3 is 28.1 Å². The van der Waals surface area contributed by atoms with Crippen LogP contribution in [0.1, 0.15) is 0 Å². The van der Waals surface area contributed by atoms with Gasteiger partial charge in [-0.25, -0.2) is 0 Å². The van der Waals surface area contributed by atoms with E-state index < -0.39 is 18.3 Å². The number of hydrogen-bond acceptors (Lipinski definition) is 2. The summed E-state index contributed by atoms with van der Waals surface area (Å²) in [6, 6.07) is 0. The van der Waals surface area contributed by atoms with E-state index in [0.29, 0.717) is 0 Å². The van der Waals surface area contributed by atoms with Crippen molar-refractivity contribution in [3.05, 3.63) is 0 Å². The van der Waals surface area contributed by atoms with Crippen LogP contribution in [0.3, 0.4) is 0 Å². The fourth-order valence-electron chi connectivity index (χ4n) is 0. The van der Waals surface area contributed by atoms with Gasteiger partial charge < -0.3 is 0 Å². The van der Waals surface area contributed by atoms with E-state index in [-0.39, 0.29) is 0 Å². The summed E-state index contributed by atoms with van der Waals surface area (Å²) in [5.74, 6) is 0. The Bertz CT molecular complexity index is 54.4. The zero-order chi connectivity index (χ0) is 3.58. The molecule has 23 valence electrons. The fourth-order valence-corrected chi connectivity index (χ4v) is 0. The van der Waals surface area contributed by atoms with Gasteiger partial charge in [-0.3, -0.25) is 0 Å².